The lowest BCUT2D eigenvalue weighted by molar-refractivity contribution is 0.0934. The molecule has 24 heavy (non-hydrogen) atoms. The number of aromatic nitrogens is 6. The molecule has 3 aromatic heterocycles. The first-order valence-corrected chi connectivity index (χ1v) is 7.27. The van der Waals surface area contributed by atoms with Crippen LogP contribution in [0.3, 0.4) is 0 Å². The van der Waals surface area contributed by atoms with Gasteiger partial charge in [0.25, 0.3) is 11.5 Å². The zero-order chi connectivity index (χ0) is 16.9. The van der Waals surface area contributed by atoms with Gasteiger partial charge in [-0.15, -0.1) is 0 Å². The SMILES string of the molecule is C[C@H](Cn1cncn1)NC(=O)c1cnc(-c2ccccn2)[nH]c1=O. The second-order valence-corrected chi connectivity index (χ2v) is 5.18. The van der Waals surface area contributed by atoms with Crippen molar-refractivity contribution in [3.63, 3.8) is 0 Å². The van der Waals surface area contributed by atoms with E-state index in [9.17, 15) is 9.59 Å². The maximum absolute atomic E-state index is 12.2. The van der Waals surface area contributed by atoms with Gasteiger partial charge in [-0.2, -0.15) is 5.10 Å². The Labute approximate surface area is 136 Å². The van der Waals surface area contributed by atoms with E-state index in [4.69, 9.17) is 0 Å². The minimum Gasteiger partial charge on any atom is -0.347 e. The Morgan fingerprint density at radius 2 is 2.25 bits per heavy atom. The van der Waals surface area contributed by atoms with E-state index >= 15 is 0 Å². The van der Waals surface area contributed by atoms with Crippen molar-refractivity contribution in [1.29, 1.82) is 0 Å². The number of carbonyl (C=O) groups is 1. The molecule has 3 rings (SSSR count). The van der Waals surface area contributed by atoms with Crippen molar-refractivity contribution in [1.82, 2.24) is 35.0 Å². The molecular formula is C15H15N7O2. The van der Waals surface area contributed by atoms with Crippen molar-refractivity contribution >= 4 is 5.91 Å². The number of amides is 1. The van der Waals surface area contributed by atoms with Crippen LogP contribution in [0.15, 0.2) is 48.0 Å². The van der Waals surface area contributed by atoms with Gasteiger partial charge < -0.3 is 10.3 Å². The zero-order valence-corrected chi connectivity index (χ0v) is 12.9. The van der Waals surface area contributed by atoms with Gasteiger partial charge in [-0.05, 0) is 19.1 Å². The van der Waals surface area contributed by atoms with Crippen molar-refractivity contribution in [2.24, 2.45) is 0 Å². The summed E-state index contributed by atoms with van der Waals surface area (Å²) >= 11 is 0. The lowest BCUT2D eigenvalue weighted by atomic mass is 10.2. The largest absolute Gasteiger partial charge is 0.347 e. The van der Waals surface area contributed by atoms with Gasteiger partial charge >= 0.3 is 0 Å². The van der Waals surface area contributed by atoms with Crippen molar-refractivity contribution in [3.05, 3.63) is 59.2 Å². The van der Waals surface area contributed by atoms with E-state index in [0.717, 1.165) is 0 Å². The smallest absolute Gasteiger partial charge is 0.264 e. The summed E-state index contributed by atoms with van der Waals surface area (Å²) in [5.41, 5.74) is -0.0441. The molecule has 2 N–H and O–H groups in total. The fourth-order valence-electron chi connectivity index (χ4n) is 2.14. The van der Waals surface area contributed by atoms with Crippen molar-refractivity contribution in [3.8, 4) is 11.5 Å². The summed E-state index contributed by atoms with van der Waals surface area (Å²) in [7, 11) is 0. The summed E-state index contributed by atoms with van der Waals surface area (Å²) in [5, 5.41) is 6.70. The molecule has 0 radical (unpaired) electrons. The van der Waals surface area contributed by atoms with Crippen LogP contribution < -0.4 is 10.9 Å². The molecule has 1 amide bonds. The summed E-state index contributed by atoms with van der Waals surface area (Å²) in [4.78, 5) is 39.0. The van der Waals surface area contributed by atoms with E-state index in [0.29, 0.717) is 18.1 Å². The second-order valence-electron chi connectivity index (χ2n) is 5.18. The fraction of sp³-hybridized carbons (Fsp3) is 0.200. The highest BCUT2D eigenvalue weighted by Crippen LogP contribution is 2.08. The fourth-order valence-corrected chi connectivity index (χ4v) is 2.14. The number of nitrogens with one attached hydrogen (secondary N) is 2. The molecular weight excluding hydrogens is 310 g/mol. The quantitative estimate of drug-likeness (QED) is 0.694. The number of H-pyrrole nitrogens is 1. The van der Waals surface area contributed by atoms with E-state index in [2.05, 4.69) is 30.4 Å². The van der Waals surface area contributed by atoms with E-state index in [1.165, 1.54) is 12.5 Å². The van der Waals surface area contributed by atoms with Crippen LogP contribution in [-0.4, -0.2) is 41.7 Å². The van der Waals surface area contributed by atoms with Crippen LogP contribution in [0.1, 0.15) is 17.3 Å². The highest BCUT2D eigenvalue weighted by Gasteiger charge is 2.15. The molecule has 0 bridgehead atoms. The van der Waals surface area contributed by atoms with Gasteiger partial charge in [-0.3, -0.25) is 19.3 Å². The molecule has 0 saturated carbocycles. The first kappa shape index (κ1) is 15.5. The molecule has 0 fully saturated rings. The van der Waals surface area contributed by atoms with Gasteiger partial charge in [-0.25, -0.2) is 9.97 Å². The number of hydrogen-bond donors (Lipinski definition) is 2. The maximum Gasteiger partial charge on any atom is 0.264 e. The molecule has 0 aromatic carbocycles. The van der Waals surface area contributed by atoms with Gasteiger partial charge in [0, 0.05) is 18.4 Å². The molecule has 1 atom stereocenters. The average molecular weight is 325 g/mol. The van der Waals surface area contributed by atoms with Gasteiger partial charge in [0.15, 0.2) is 5.82 Å². The molecule has 9 nitrogen and oxygen atoms in total. The van der Waals surface area contributed by atoms with Crippen molar-refractivity contribution < 1.29 is 4.79 Å². The molecule has 0 aliphatic rings. The van der Waals surface area contributed by atoms with Crippen LogP contribution in [-0.2, 0) is 6.54 Å². The van der Waals surface area contributed by atoms with Gasteiger partial charge in [-0.1, -0.05) is 6.07 Å². The predicted octanol–water partition coefficient (Wildman–Crippen LogP) is 0.242. The van der Waals surface area contributed by atoms with Crippen LogP contribution in [0.5, 0.6) is 0 Å². The van der Waals surface area contributed by atoms with Gasteiger partial charge in [0.2, 0.25) is 0 Å². The number of nitrogens with zero attached hydrogens (tertiary/aromatic N) is 5. The molecule has 3 heterocycles. The van der Waals surface area contributed by atoms with Crippen LogP contribution in [0.25, 0.3) is 11.5 Å². The maximum atomic E-state index is 12.2. The topological polar surface area (TPSA) is 118 Å². The Morgan fingerprint density at radius 3 is 2.92 bits per heavy atom. The Morgan fingerprint density at radius 1 is 1.38 bits per heavy atom. The number of rotatable bonds is 5. The van der Waals surface area contributed by atoms with Crippen LogP contribution in [0.2, 0.25) is 0 Å². The molecule has 0 unspecified atom stereocenters. The van der Waals surface area contributed by atoms with Crippen LogP contribution in [0.4, 0.5) is 0 Å². The van der Waals surface area contributed by atoms with Gasteiger partial charge in [0.05, 0.1) is 6.54 Å². The molecule has 3 aromatic rings. The number of pyridine rings is 1. The summed E-state index contributed by atoms with van der Waals surface area (Å²) in [6.07, 6.45) is 5.82. The number of aromatic amines is 1. The molecule has 0 aliphatic carbocycles. The van der Waals surface area contributed by atoms with Crippen LogP contribution >= 0.6 is 0 Å². The highest BCUT2D eigenvalue weighted by molar-refractivity contribution is 5.93. The number of hydrogen-bond acceptors (Lipinski definition) is 6. The standard InChI is InChI=1S/C15H15N7O2/c1-10(7-22-9-16-8-19-22)20-14(23)11-6-18-13(21-15(11)24)12-4-2-3-5-17-12/h2-6,8-10H,7H2,1H3,(H,20,23)(H,18,21,24)/t10-/m1/s1. The minimum absolute atomic E-state index is 0.0554. The lowest BCUT2D eigenvalue weighted by Crippen LogP contribution is -2.38. The third kappa shape index (κ3) is 3.51. The molecule has 0 aliphatic heterocycles. The Kier molecular flexibility index (Phi) is 4.41. The van der Waals surface area contributed by atoms with E-state index in [1.807, 2.05) is 6.92 Å². The third-order valence-electron chi connectivity index (χ3n) is 3.26. The zero-order valence-electron chi connectivity index (χ0n) is 12.9. The Bertz CT molecular complexity index is 874. The van der Waals surface area contributed by atoms with E-state index in [-0.39, 0.29) is 11.6 Å². The Balaban J connectivity index is 1.72. The normalized spacial score (nSPS) is 11.9. The van der Waals surface area contributed by atoms with Gasteiger partial charge in [0.1, 0.15) is 23.9 Å². The molecule has 122 valence electrons. The third-order valence-corrected chi connectivity index (χ3v) is 3.26. The summed E-state index contributed by atoms with van der Waals surface area (Å²) in [5.74, 6) is -0.184. The Hall–Kier alpha value is -3.36. The lowest BCUT2D eigenvalue weighted by Gasteiger charge is -2.13. The first-order valence-electron chi connectivity index (χ1n) is 7.27. The monoisotopic (exact) mass is 325 g/mol. The minimum atomic E-state index is -0.517. The van der Waals surface area contributed by atoms with E-state index < -0.39 is 11.5 Å². The molecule has 0 saturated heterocycles. The second kappa shape index (κ2) is 6.82. The predicted molar refractivity (Wildman–Crippen MR) is 85.0 cm³/mol. The van der Waals surface area contributed by atoms with Crippen molar-refractivity contribution in [2.75, 3.05) is 0 Å². The molecule has 9 heteroatoms. The number of carbonyl (C=O) groups excluding carboxylic acids is 1. The van der Waals surface area contributed by atoms with Crippen molar-refractivity contribution in [2.45, 2.75) is 19.5 Å². The van der Waals surface area contributed by atoms with E-state index in [1.54, 1.807) is 35.4 Å². The average Bonchev–Trinajstić information content (AvgIpc) is 3.08. The summed E-state index contributed by atoms with van der Waals surface area (Å²) in [6.45, 7) is 2.26. The summed E-state index contributed by atoms with van der Waals surface area (Å²) < 4.78 is 1.59. The summed E-state index contributed by atoms with van der Waals surface area (Å²) in [6, 6.07) is 5.04. The highest BCUT2D eigenvalue weighted by atomic mass is 16.2. The molecule has 0 spiro atoms. The van der Waals surface area contributed by atoms with Crippen LogP contribution in [0, 0.1) is 0 Å². The first-order chi connectivity index (χ1) is 11.6.